The van der Waals surface area contributed by atoms with E-state index in [1.54, 1.807) is 0 Å². The second-order valence-corrected chi connectivity index (χ2v) is 5.88. The van der Waals surface area contributed by atoms with Crippen molar-refractivity contribution in [1.82, 2.24) is 4.90 Å². The first-order chi connectivity index (χ1) is 12.3. The van der Waals surface area contributed by atoms with Crippen LogP contribution in [0.25, 0.3) is 0 Å². The molecule has 5 nitrogen and oxygen atoms in total. The molecule has 138 valence electrons. The summed E-state index contributed by atoms with van der Waals surface area (Å²) in [5, 5.41) is 2.80. The Labute approximate surface area is 150 Å². The van der Waals surface area contributed by atoms with Gasteiger partial charge in [0.15, 0.2) is 0 Å². The Morgan fingerprint density at radius 1 is 1.12 bits per heavy atom. The molecule has 0 saturated heterocycles. The normalized spacial score (nSPS) is 10.5. The van der Waals surface area contributed by atoms with Crippen LogP contribution >= 0.6 is 0 Å². The third-order valence-corrected chi connectivity index (χ3v) is 3.78. The van der Waals surface area contributed by atoms with E-state index in [0.29, 0.717) is 5.69 Å². The van der Waals surface area contributed by atoms with Gasteiger partial charge in [-0.25, -0.2) is 0 Å². The van der Waals surface area contributed by atoms with Crippen LogP contribution in [0.15, 0.2) is 42.5 Å². The first-order valence-electron chi connectivity index (χ1n) is 7.94. The summed E-state index contributed by atoms with van der Waals surface area (Å²) in [7, 11) is 1.47. The number of alkyl halides is 2. The Morgan fingerprint density at radius 3 is 2.35 bits per heavy atom. The number of likely N-dealkylation sites (N-methyl/N-ethyl adjacent to an activating group) is 1. The highest BCUT2D eigenvalue weighted by Gasteiger charge is 2.17. The number of aryl methyl sites for hydroxylation is 2. The van der Waals surface area contributed by atoms with E-state index < -0.39 is 12.5 Å². The maximum absolute atomic E-state index is 12.4. The summed E-state index contributed by atoms with van der Waals surface area (Å²) in [4.78, 5) is 25.9. The molecule has 0 unspecified atom stereocenters. The van der Waals surface area contributed by atoms with Crippen LogP contribution in [0.5, 0.6) is 5.75 Å². The van der Waals surface area contributed by atoms with Crippen LogP contribution in [0.2, 0.25) is 0 Å². The first-order valence-corrected chi connectivity index (χ1v) is 7.94. The zero-order valence-electron chi connectivity index (χ0n) is 14.8. The minimum Gasteiger partial charge on any atom is -0.435 e. The van der Waals surface area contributed by atoms with Crippen molar-refractivity contribution in [2.24, 2.45) is 0 Å². The summed E-state index contributed by atoms with van der Waals surface area (Å²) in [5.41, 5.74) is 2.71. The number of benzene rings is 2. The van der Waals surface area contributed by atoms with Crippen molar-refractivity contribution in [2.45, 2.75) is 20.5 Å². The van der Waals surface area contributed by atoms with Crippen molar-refractivity contribution in [2.75, 3.05) is 18.9 Å². The zero-order chi connectivity index (χ0) is 19.3. The SMILES string of the molecule is Cc1cccc(C)c1NC(=O)CN(C)C(=O)c1cccc(OC(F)F)c1. The molecular formula is C19H20F2N2O3. The van der Waals surface area contributed by atoms with Gasteiger partial charge in [-0.1, -0.05) is 24.3 Å². The maximum Gasteiger partial charge on any atom is 0.387 e. The first kappa shape index (κ1) is 19.4. The molecule has 2 aromatic carbocycles. The van der Waals surface area contributed by atoms with Gasteiger partial charge in [-0.3, -0.25) is 9.59 Å². The number of nitrogens with zero attached hydrogens (tertiary/aromatic N) is 1. The van der Waals surface area contributed by atoms with Gasteiger partial charge in [0.25, 0.3) is 5.91 Å². The third kappa shape index (κ3) is 5.02. The van der Waals surface area contributed by atoms with Crippen LogP contribution in [0.4, 0.5) is 14.5 Å². The van der Waals surface area contributed by atoms with E-state index in [1.807, 2.05) is 32.0 Å². The third-order valence-electron chi connectivity index (χ3n) is 3.78. The van der Waals surface area contributed by atoms with Gasteiger partial charge in [0.2, 0.25) is 5.91 Å². The van der Waals surface area contributed by atoms with Crippen molar-refractivity contribution in [3.05, 3.63) is 59.2 Å². The molecule has 0 radical (unpaired) electrons. The molecule has 2 rings (SSSR count). The van der Waals surface area contributed by atoms with Crippen molar-refractivity contribution >= 4 is 17.5 Å². The number of amides is 2. The van der Waals surface area contributed by atoms with Crippen LogP contribution in [0.1, 0.15) is 21.5 Å². The lowest BCUT2D eigenvalue weighted by atomic mass is 10.1. The van der Waals surface area contributed by atoms with E-state index in [9.17, 15) is 18.4 Å². The number of rotatable bonds is 6. The highest BCUT2D eigenvalue weighted by Crippen LogP contribution is 2.20. The van der Waals surface area contributed by atoms with E-state index in [4.69, 9.17) is 0 Å². The standard InChI is InChI=1S/C19H20F2N2O3/c1-12-6-4-7-13(2)17(12)22-16(24)11-23(3)18(25)14-8-5-9-15(10-14)26-19(20)21/h4-10,19H,11H2,1-3H3,(H,22,24). The molecule has 7 heteroatoms. The summed E-state index contributed by atoms with van der Waals surface area (Å²) in [6, 6.07) is 11.1. The van der Waals surface area contributed by atoms with Gasteiger partial charge >= 0.3 is 6.61 Å². The fourth-order valence-electron chi connectivity index (χ4n) is 2.50. The second-order valence-electron chi connectivity index (χ2n) is 5.88. The van der Waals surface area contributed by atoms with Crippen LogP contribution in [-0.2, 0) is 4.79 Å². The molecule has 0 spiro atoms. The van der Waals surface area contributed by atoms with Gasteiger partial charge in [0.05, 0.1) is 6.54 Å². The lowest BCUT2D eigenvalue weighted by molar-refractivity contribution is -0.116. The number of hydrogen-bond donors (Lipinski definition) is 1. The number of para-hydroxylation sites is 1. The second kappa shape index (κ2) is 8.42. The molecule has 0 bridgehead atoms. The Hall–Kier alpha value is -2.96. The Balaban J connectivity index is 2.03. The van der Waals surface area contributed by atoms with Gasteiger partial charge in [-0.15, -0.1) is 0 Å². The monoisotopic (exact) mass is 362 g/mol. The van der Waals surface area contributed by atoms with Crippen LogP contribution in [0, 0.1) is 13.8 Å². The highest BCUT2D eigenvalue weighted by molar-refractivity contribution is 5.99. The molecule has 0 fully saturated rings. The summed E-state index contributed by atoms with van der Waals surface area (Å²) >= 11 is 0. The molecule has 0 aliphatic heterocycles. The van der Waals surface area contributed by atoms with E-state index in [-0.39, 0.29) is 23.8 Å². The Morgan fingerprint density at radius 2 is 1.73 bits per heavy atom. The molecule has 0 atom stereocenters. The number of hydrogen-bond acceptors (Lipinski definition) is 3. The minimum absolute atomic E-state index is 0.112. The topological polar surface area (TPSA) is 58.6 Å². The number of nitrogens with one attached hydrogen (secondary N) is 1. The molecule has 0 heterocycles. The summed E-state index contributed by atoms with van der Waals surface area (Å²) in [6.45, 7) is 0.617. The van der Waals surface area contributed by atoms with E-state index >= 15 is 0 Å². The van der Waals surface area contributed by atoms with Gasteiger partial charge in [-0.05, 0) is 43.2 Å². The number of anilines is 1. The predicted octanol–water partition coefficient (Wildman–Crippen LogP) is 3.62. The lowest BCUT2D eigenvalue weighted by Gasteiger charge is -2.18. The average Bonchev–Trinajstić information content (AvgIpc) is 2.57. The maximum atomic E-state index is 12.4. The van der Waals surface area contributed by atoms with Gasteiger partial charge in [-0.2, -0.15) is 8.78 Å². The van der Waals surface area contributed by atoms with Crippen molar-refractivity contribution in [1.29, 1.82) is 0 Å². The van der Waals surface area contributed by atoms with Crippen molar-refractivity contribution in [3.8, 4) is 5.75 Å². The number of carbonyl (C=O) groups excluding carboxylic acids is 2. The number of halogens is 2. The highest BCUT2D eigenvalue weighted by atomic mass is 19.3. The smallest absolute Gasteiger partial charge is 0.387 e. The largest absolute Gasteiger partial charge is 0.435 e. The molecule has 0 saturated carbocycles. The molecule has 0 aliphatic rings. The zero-order valence-corrected chi connectivity index (χ0v) is 14.8. The summed E-state index contributed by atoms with van der Waals surface area (Å²) in [6.07, 6.45) is 0. The van der Waals surface area contributed by atoms with Crippen molar-refractivity contribution in [3.63, 3.8) is 0 Å². The van der Waals surface area contributed by atoms with Gasteiger partial charge in [0.1, 0.15) is 5.75 Å². The number of carbonyl (C=O) groups is 2. The van der Waals surface area contributed by atoms with Crippen LogP contribution in [-0.4, -0.2) is 36.9 Å². The molecular weight excluding hydrogens is 342 g/mol. The Bertz CT molecular complexity index is 789. The van der Waals surface area contributed by atoms with Crippen LogP contribution in [0.3, 0.4) is 0 Å². The molecule has 0 aromatic heterocycles. The van der Waals surface area contributed by atoms with Gasteiger partial charge in [0, 0.05) is 18.3 Å². The number of ether oxygens (including phenoxy) is 1. The van der Waals surface area contributed by atoms with E-state index in [1.165, 1.54) is 36.2 Å². The van der Waals surface area contributed by atoms with E-state index in [2.05, 4.69) is 10.1 Å². The fourth-order valence-corrected chi connectivity index (χ4v) is 2.50. The summed E-state index contributed by atoms with van der Waals surface area (Å²) in [5.74, 6) is -0.932. The molecule has 0 aliphatic carbocycles. The van der Waals surface area contributed by atoms with Gasteiger partial charge < -0.3 is 15.0 Å². The average molecular weight is 362 g/mol. The quantitative estimate of drug-likeness (QED) is 0.854. The summed E-state index contributed by atoms with van der Waals surface area (Å²) < 4.78 is 28.9. The fraction of sp³-hybridized carbons (Fsp3) is 0.263. The molecule has 1 N–H and O–H groups in total. The minimum atomic E-state index is -2.97. The van der Waals surface area contributed by atoms with Crippen molar-refractivity contribution < 1.29 is 23.1 Å². The van der Waals surface area contributed by atoms with Crippen LogP contribution < -0.4 is 10.1 Å². The van der Waals surface area contributed by atoms with E-state index in [0.717, 1.165) is 11.1 Å². The Kier molecular flexibility index (Phi) is 6.27. The molecule has 26 heavy (non-hydrogen) atoms. The molecule has 2 amide bonds. The molecule has 2 aromatic rings. The predicted molar refractivity (Wildman–Crippen MR) is 94.6 cm³/mol. The lowest BCUT2D eigenvalue weighted by Crippen LogP contribution is -2.35.